The topological polar surface area (TPSA) is 24.9 Å². The zero-order chi connectivity index (χ0) is 11.7. The summed E-state index contributed by atoms with van der Waals surface area (Å²) in [6.07, 6.45) is 0.810. The molecule has 1 aromatic carbocycles. The van der Waals surface area contributed by atoms with Gasteiger partial charge < -0.3 is 5.32 Å². The summed E-state index contributed by atoms with van der Waals surface area (Å²) in [5.41, 5.74) is 3.59. The number of thiazole rings is 1. The molecule has 17 heavy (non-hydrogen) atoms. The van der Waals surface area contributed by atoms with Gasteiger partial charge >= 0.3 is 0 Å². The number of hydrogen-bond acceptors (Lipinski definition) is 3. The van der Waals surface area contributed by atoms with E-state index in [1.807, 2.05) is 23.0 Å². The molecule has 4 heteroatoms. The van der Waals surface area contributed by atoms with Crippen molar-refractivity contribution in [3.8, 4) is 0 Å². The third-order valence-electron chi connectivity index (χ3n) is 3.37. The SMILES string of the molecule is Fc1ccccc1C1(Cc2cscn2)CNC1. The van der Waals surface area contributed by atoms with Gasteiger partial charge in [-0.15, -0.1) is 11.3 Å². The highest BCUT2D eigenvalue weighted by Crippen LogP contribution is 2.33. The second-order valence-corrected chi connectivity index (χ2v) is 5.24. The normalized spacial score (nSPS) is 17.7. The third kappa shape index (κ3) is 1.87. The quantitative estimate of drug-likeness (QED) is 0.902. The fourth-order valence-electron chi connectivity index (χ4n) is 2.40. The number of benzene rings is 1. The Bertz CT molecular complexity index is 506. The molecule has 0 saturated carbocycles. The predicted molar refractivity (Wildman–Crippen MR) is 66.8 cm³/mol. The second kappa shape index (κ2) is 4.20. The minimum Gasteiger partial charge on any atom is -0.315 e. The molecule has 0 unspecified atom stereocenters. The van der Waals surface area contributed by atoms with Crippen molar-refractivity contribution < 1.29 is 4.39 Å². The molecule has 0 aliphatic carbocycles. The van der Waals surface area contributed by atoms with Gasteiger partial charge in [0.2, 0.25) is 0 Å². The summed E-state index contributed by atoms with van der Waals surface area (Å²) in [6, 6.07) is 7.07. The number of nitrogens with one attached hydrogen (secondary N) is 1. The molecule has 1 aromatic heterocycles. The molecule has 0 radical (unpaired) electrons. The van der Waals surface area contributed by atoms with Crippen LogP contribution in [-0.2, 0) is 11.8 Å². The van der Waals surface area contributed by atoms with Gasteiger partial charge in [0.15, 0.2) is 0 Å². The molecule has 0 spiro atoms. The Labute approximate surface area is 104 Å². The van der Waals surface area contributed by atoms with Gasteiger partial charge in [0.25, 0.3) is 0 Å². The van der Waals surface area contributed by atoms with Crippen molar-refractivity contribution in [3.05, 3.63) is 52.2 Å². The molecular formula is C13H13FN2S. The van der Waals surface area contributed by atoms with Crippen LogP contribution >= 0.6 is 11.3 Å². The minimum atomic E-state index is -0.112. The van der Waals surface area contributed by atoms with E-state index in [1.165, 1.54) is 6.07 Å². The fraction of sp³-hybridized carbons (Fsp3) is 0.308. The van der Waals surface area contributed by atoms with Crippen LogP contribution in [0.4, 0.5) is 4.39 Å². The summed E-state index contributed by atoms with van der Waals surface area (Å²) < 4.78 is 13.9. The lowest BCUT2D eigenvalue weighted by molar-refractivity contribution is 0.264. The molecule has 0 bridgehead atoms. The summed E-state index contributed by atoms with van der Waals surface area (Å²) in [5, 5.41) is 5.29. The molecule has 1 aliphatic rings. The number of rotatable bonds is 3. The molecule has 1 saturated heterocycles. The highest BCUT2D eigenvalue weighted by Gasteiger charge is 2.40. The van der Waals surface area contributed by atoms with Gasteiger partial charge in [-0.3, -0.25) is 0 Å². The van der Waals surface area contributed by atoms with Crippen LogP contribution in [0.5, 0.6) is 0 Å². The second-order valence-electron chi connectivity index (χ2n) is 4.52. The van der Waals surface area contributed by atoms with Crippen LogP contribution in [0.2, 0.25) is 0 Å². The zero-order valence-electron chi connectivity index (χ0n) is 9.32. The van der Waals surface area contributed by atoms with Crippen molar-refractivity contribution in [2.75, 3.05) is 13.1 Å². The average Bonchev–Trinajstić information content (AvgIpc) is 2.77. The molecule has 0 amide bonds. The van der Waals surface area contributed by atoms with E-state index in [2.05, 4.69) is 10.3 Å². The van der Waals surface area contributed by atoms with Crippen molar-refractivity contribution in [1.29, 1.82) is 0 Å². The van der Waals surface area contributed by atoms with E-state index in [1.54, 1.807) is 17.4 Å². The van der Waals surface area contributed by atoms with E-state index >= 15 is 0 Å². The third-order valence-corrected chi connectivity index (χ3v) is 4.01. The van der Waals surface area contributed by atoms with E-state index in [4.69, 9.17) is 0 Å². The van der Waals surface area contributed by atoms with Crippen LogP contribution in [0.15, 0.2) is 35.2 Å². The lowest BCUT2D eigenvalue weighted by atomic mass is 9.72. The molecule has 3 rings (SSSR count). The summed E-state index contributed by atoms with van der Waals surface area (Å²) in [6.45, 7) is 1.65. The Kier molecular flexibility index (Phi) is 2.68. The Balaban J connectivity index is 1.95. The maximum atomic E-state index is 13.9. The van der Waals surface area contributed by atoms with Crippen molar-refractivity contribution in [3.63, 3.8) is 0 Å². The first-order valence-corrected chi connectivity index (χ1v) is 6.57. The van der Waals surface area contributed by atoms with Gasteiger partial charge in [-0.05, 0) is 11.6 Å². The molecule has 0 atom stereocenters. The summed E-state index contributed by atoms with van der Waals surface area (Å²) >= 11 is 1.59. The minimum absolute atomic E-state index is 0.107. The largest absolute Gasteiger partial charge is 0.315 e. The van der Waals surface area contributed by atoms with Gasteiger partial charge in [0.1, 0.15) is 5.82 Å². The van der Waals surface area contributed by atoms with Gasteiger partial charge in [0, 0.05) is 30.3 Å². The van der Waals surface area contributed by atoms with Crippen LogP contribution in [0.1, 0.15) is 11.3 Å². The monoisotopic (exact) mass is 248 g/mol. The van der Waals surface area contributed by atoms with E-state index in [0.717, 1.165) is 30.8 Å². The van der Waals surface area contributed by atoms with E-state index in [9.17, 15) is 4.39 Å². The molecule has 88 valence electrons. The van der Waals surface area contributed by atoms with Crippen LogP contribution < -0.4 is 5.32 Å². The van der Waals surface area contributed by atoms with Gasteiger partial charge in [-0.25, -0.2) is 9.37 Å². The van der Waals surface area contributed by atoms with Gasteiger partial charge in [0.05, 0.1) is 11.2 Å². The Hall–Kier alpha value is -1.26. The first-order chi connectivity index (χ1) is 8.30. The number of halogens is 1. The Morgan fingerprint density at radius 3 is 2.76 bits per heavy atom. The molecule has 1 fully saturated rings. The van der Waals surface area contributed by atoms with Crippen LogP contribution in [0, 0.1) is 5.82 Å². The van der Waals surface area contributed by atoms with Gasteiger partial charge in [-0.2, -0.15) is 0 Å². The molecule has 1 aliphatic heterocycles. The van der Waals surface area contributed by atoms with E-state index in [0.29, 0.717) is 0 Å². The van der Waals surface area contributed by atoms with Crippen molar-refractivity contribution in [2.24, 2.45) is 0 Å². The van der Waals surface area contributed by atoms with Crippen LogP contribution in [0.3, 0.4) is 0 Å². The average molecular weight is 248 g/mol. The standard InChI is InChI=1S/C13H13FN2S/c14-12-4-2-1-3-11(12)13(7-15-8-13)5-10-6-17-9-16-10/h1-4,6,9,15H,5,7-8H2. The van der Waals surface area contributed by atoms with E-state index < -0.39 is 0 Å². The zero-order valence-corrected chi connectivity index (χ0v) is 10.1. The number of aromatic nitrogens is 1. The van der Waals surface area contributed by atoms with Crippen LogP contribution in [-0.4, -0.2) is 18.1 Å². The van der Waals surface area contributed by atoms with Gasteiger partial charge in [-0.1, -0.05) is 18.2 Å². The smallest absolute Gasteiger partial charge is 0.127 e. The van der Waals surface area contributed by atoms with Crippen molar-refractivity contribution >= 4 is 11.3 Å². The molecule has 1 N–H and O–H groups in total. The highest BCUT2D eigenvalue weighted by molar-refractivity contribution is 7.07. The maximum Gasteiger partial charge on any atom is 0.127 e. The summed E-state index contributed by atoms with van der Waals surface area (Å²) in [5.74, 6) is -0.107. The molecule has 2 aromatic rings. The number of hydrogen-bond donors (Lipinski definition) is 1. The van der Waals surface area contributed by atoms with E-state index in [-0.39, 0.29) is 11.2 Å². The highest BCUT2D eigenvalue weighted by atomic mass is 32.1. The lowest BCUT2D eigenvalue weighted by Crippen LogP contribution is -2.58. The lowest BCUT2D eigenvalue weighted by Gasteiger charge is -2.43. The fourth-order valence-corrected chi connectivity index (χ4v) is 2.96. The maximum absolute atomic E-state index is 13.9. The summed E-state index contributed by atoms with van der Waals surface area (Å²) in [7, 11) is 0. The summed E-state index contributed by atoms with van der Waals surface area (Å²) in [4.78, 5) is 4.31. The van der Waals surface area contributed by atoms with Crippen molar-refractivity contribution in [2.45, 2.75) is 11.8 Å². The molecule has 2 nitrogen and oxygen atoms in total. The Morgan fingerprint density at radius 1 is 1.35 bits per heavy atom. The Morgan fingerprint density at radius 2 is 2.18 bits per heavy atom. The molecule has 2 heterocycles. The predicted octanol–water partition coefficient (Wildman–Crippen LogP) is 2.37. The van der Waals surface area contributed by atoms with Crippen LogP contribution in [0.25, 0.3) is 0 Å². The number of nitrogens with zero attached hydrogens (tertiary/aromatic N) is 1. The first kappa shape index (κ1) is 10.9. The van der Waals surface area contributed by atoms with Crippen molar-refractivity contribution in [1.82, 2.24) is 10.3 Å². The first-order valence-electron chi connectivity index (χ1n) is 5.63. The molecular weight excluding hydrogens is 235 g/mol.